The Balaban J connectivity index is 1.34. The zero-order valence-electron chi connectivity index (χ0n) is 21.5. The molecule has 41 heavy (non-hydrogen) atoms. The van der Waals surface area contributed by atoms with Crippen molar-refractivity contribution >= 4 is 23.7 Å². The number of rotatable bonds is 8. The summed E-state index contributed by atoms with van der Waals surface area (Å²) in [5, 5.41) is 2.51. The van der Waals surface area contributed by atoms with Crippen LogP contribution in [0.15, 0.2) is 108 Å². The zero-order valence-corrected chi connectivity index (χ0v) is 21.5. The lowest BCUT2D eigenvalue weighted by molar-refractivity contribution is -0.0591. The molecule has 1 aromatic heterocycles. The molecule has 0 unspecified atom stereocenters. The van der Waals surface area contributed by atoms with E-state index in [-0.39, 0.29) is 16.9 Å². The number of hydrogen-bond donors (Lipinski definition) is 1. The first-order valence-corrected chi connectivity index (χ1v) is 12.6. The smallest absolute Gasteiger partial charge is 0.351 e. The van der Waals surface area contributed by atoms with Gasteiger partial charge in [0, 0.05) is 11.8 Å². The molecular formula is C30H24FN3O7. The highest BCUT2D eigenvalue weighted by Crippen LogP contribution is 2.34. The summed E-state index contributed by atoms with van der Waals surface area (Å²) in [6, 6.07) is 25.8. The van der Waals surface area contributed by atoms with Gasteiger partial charge in [0.15, 0.2) is 18.5 Å². The summed E-state index contributed by atoms with van der Waals surface area (Å²) >= 11 is 0. The quantitative estimate of drug-likeness (QED) is 0.324. The molecule has 3 aromatic carbocycles. The van der Waals surface area contributed by atoms with Gasteiger partial charge in [0.25, 0.3) is 5.91 Å². The molecule has 1 fully saturated rings. The lowest BCUT2D eigenvalue weighted by atomic mass is 10.1. The number of benzene rings is 3. The number of aromatic nitrogens is 2. The Labute approximate surface area is 233 Å². The first-order chi connectivity index (χ1) is 19.9. The number of carbonyl (C=O) groups excluding carboxylic acids is 3. The third-order valence-electron chi connectivity index (χ3n) is 6.29. The number of halogens is 1. The summed E-state index contributed by atoms with van der Waals surface area (Å²) < 4.78 is 33.3. The van der Waals surface area contributed by atoms with Crippen LogP contribution in [0.1, 0.15) is 37.3 Å². The minimum Gasteiger partial charge on any atom is -0.459 e. The monoisotopic (exact) mass is 557 g/mol. The van der Waals surface area contributed by atoms with E-state index < -0.39 is 54.7 Å². The SMILES string of the molecule is O=C(Nc1ccn([C@H]2O[C@@H](COC(=O)c3ccccc3)[C@H](OC(=O)c3ccccc3)[C@H]2F)c(=O)n1)c1ccccc1. The molecule has 1 N–H and O–H groups in total. The lowest BCUT2D eigenvalue weighted by Gasteiger charge is -2.19. The van der Waals surface area contributed by atoms with Gasteiger partial charge >= 0.3 is 17.6 Å². The molecule has 0 saturated carbocycles. The molecule has 5 rings (SSSR count). The number of carbonyl (C=O) groups is 3. The normalized spacial score (nSPS) is 19.7. The van der Waals surface area contributed by atoms with Crippen LogP contribution in [-0.4, -0.2) is 52.4 Å². The highest BCUT2D eigenvalue weighted by Gasteiger charge is 2.49. The van der Waals surface area contributed by atoms with Crippen molar-refractivity contribution in [2.24, 2.45) is 0 Å². The van der Waals surface area contributed by atoms with E-state index in [1.807, 2.05) is 0 Å². The lowest BCUT2D eigenvalue weighted by Crippen LogP contribution is -2.37. The van der Waals surface area contributed by atoms with E-state index in [9.17, 15) is 19.2 Å². The number of alkyl halides is 1. The van der Waals surface area contributed by atoms with Crippen molar-refractivity contribution in [1.29, 1.82) is 0 Å². The van der Waals surface area contributed by atoms with Gasteiger partial charge < -0.3 is 19.5 Å². The summed E-state index contributed by atoms with van der Waals surface area (Å²) in [5.41, 5.74) is -0.110. The first kappa shape index (κ1) is 27.4. The van der Waals surface area contributed by atoms with Crippen molar-refractivity contribution in [2.75, 3.05) is 11.9 Å². The third-order valence-corrected chi connectivity index (χ3v) is 6.29. The number of nitrogens with zero attached hydrogens (tertiary/aromatic N) is 2. The molecule has 0 spiro atoms. The molecule has 1 aliphatic rings. The standard InChI is InChI=1S/C30H24FN3O7/c31-24-25(41-29(37)21-14-8-3-9-15-21)22(18-39-28(36)20-12-6-2-7-13-20)40-27(24)34-17-16-23(33-30(34)38)32-26(35)19-10-4-1-5-11-19/h1-17,22,24-25,27H,18H2,(H,32,33,35,38)/t22-,24+,25-,27-/m0/s1. The predicted octanol–water partition coefficient (Wildman–Crippen LogP) is 3.81. The Kier molecular flexibility index (Phi) is 8.26. The summed E-state index contributed by atoms with van der Waals surface area (Å²) in [5.74, 6) is -2.03. The molecular weight excluding hydrogens is 533 g/mol. The largest absolute Gasteiger partial charge is 0.459 e. The van der Waals surface area contributed by atoms with E-state index >= 15 is 4.39 Å². The van der Waals surface area contributed by atoms with Gasteiger partial charge in [-0.05, 0) is 42.5 Å². The van der Waals surface area contributed by atoms with Gasteiger partial charge in [0.1, 0.15) is 18.5 Å². The van der Waals surface area contributed by atoms with Crippen LogP contribution >= 0.6 is 0 Å². The van der Waals surface area contributed by atoms with Gasteiger partial charge in [-0.1, -0.05) is 54.6 Å². The van der Waals surface area contributed by atoms with Crippen LogP contribution in [0, 0.1) is 0 Å². The average molecular weight is 558 g/mol. The van der Waals surface area contributed by atoms with E-state index in [0.29, 0.717) is 5.56 Å². The Bertz CT molecular complexity index is 1580. The molecule has 10 nitrogen and oxygen atoms in total. The first-order valence-electron chi connectivity index (χ1n) is 12.6. The van der Waals surface area contributed by atoms with Gasteiger partial charge in [-0.25, -0.2) is 18.8 Å². The summed E-state index contributed by atoms with van der Waals surface area (Å²) in [6.07, 6.45) is -5.11. The minimum atomic E-state index is -2.02. The number of hydrogen-bond acceptors (Lipinski definition) is 8. The van der Waals surface area contributed by atoms with Crippen LogP contribution in [0.3, 0.4) is 0 Å². The fourth-order valence-electron chi connectivity index (χ4n) is 4.23. The van der Waals surface area contributed by atoms with Crippen LogP contribution in [0.25, 0.3) is 0 Å². The molecule has 208 valence electrons. The number of ether oxygens (including phenoxy) is 3. The van der Waals surface area contributed by atoms with E-state index in [1.54, 1.807) is 78.9 Å². The van der Waals surface area contributed by atoms with Gasteiger partial charge in [0.05, 0.1) is 11.1 Å². The number of nitrogens with one attached hydrogen (secondary N) is 1. The van der Waals surface area contributed by atoms with Crippen molar-refractivity contribution < 1.29 is 33.0 Å². The maximum Gasteiger partial charge on any atom is 0.351 e. The molecule has 1 amide bonds. The molecule has 1 saturated heterocycles. The van der Waals surface area contributed by atoms with Crippen LogP contribution in [0.4, 0.5) is 10.2 Å². The van der Waals surface area contributed by atoms with E-state index in [2.05, 4.69) is 10.3 Å². The fourth-order valence-corrected chi connectivity index (χ4v) is 4.23. The van der Waals surface area contributed by atoms with Crippen molar-refractivity contribution in [3.8, 4) is 0 Å². The highest BCUT2D eigenvalue weighted by atomic mass is 19.1. The topological polar surface area (TPSA) is 126 Å². The molecule has 0 radical (unpaired) electrons. The van der Waals surface area contributed by atoms with Gasteiger partial charge in [-0.3, -0.25) is 9.36 Å². The third kappa shape index (κ3) is 6.36. The number of amides is 1. The van der Waals surface area contributed by atoms with Crippen molar-refractivity contribution in [3.63, 3.8) is 0 Å². The Morgan fingerprint density at radius 2 is 1.39 bits per heavy atom. The summed E-state index contributed by atoms with van der Waals surface area (Å²) in [7, 11) is 0. The molecule has 1 aliphatic heterocycles. The summed E-state index contributed by atoms with van der Waals surface area (Å²) in [4.78, 5) is 54.3. The molecule has 4 atom stereocenters. The van der Waals surface area contributed by atoms with Gasteiger partial charge in [0.2, 0.25) is 0 Å². The van der Waals surface area contributed by atoms with E-state index in [0.717, 1.165) is 4.57 Å². The van der Waals surface area contributed by atoms with Crippen LogP contribution < -0.4 is 11.0 Å². The Morgan fingerprint density at radius 1 is 0.829 bits per heavy atom. The van der Waals surface area contributed by atoms with Crippen molar-refractivity contribution in [3.05, 3.63) is 130 Å². The molecule has 0 aliphatic carbocycles. The summed E-state index contributed by atoms with van der Waals surface area (Å²) in [6.45, 7) is -0.454. The zero-order chi connectivity index (χ0) is 28.8. The average Bonchev–Trinajstić information content (AvgIpc) is 3.31. The van der Waals surface area contributed by atoms with Gasteiger partial charge in [-0.15, -0.1) is 0 Å². The minimum absolute atomic E-state index is 0.0473. The van der Waals surface area contributed by atoms with E-state index in [1.165, 1.54) is 24.4 Å². The van der Waals surface area contributed by atoms with Crippen molar-refractivity contribution in [1.82, 2.24) is 9.55 Å². The maximum atomic E-state index is 15.8. The molecule has 0 bridgehead atoms. The molecule has 4 aromatic rings. The van der Waals surface area contributed by atoms with Crippen LogP contribution in [0.5, 0.6) is 0 Å². The second-order valence-electron chi connectivity index (χ2n) is 9.03. The Hall–Kier alpha value is -5.16. The second kappa shape index (κ2) is 12.3. The van der Waals surface area contributed by atoms with Crippen molar-refractivity contribution in [2.45, 2.75) is 24.6 Å². The Morgan fingerprint density at radius 3 is 1.98 bits per heavy atom. The molecule has 11 heteroatoms. The fraction of sp³-hybridized carbons (Fsp3) is 0.167. The van der Waals surface area contributed by atoms with Gasteiger partial charge in [-0.2, -0.15) is 4.98 Å². The maximum absolute atomic E-state index is 15.8. The van der Waals surface area contributed by atoms with Crippen LogP contribution in [0.2, 0.25) is 0 Å². The highest BCUT2D eigenvalue weighted by molar-refractivity contribution is 6.03. The van der Waals surface area contributed by atoms with E-state index in [4.69, 9.17) is 14.2 Å². The second-order valence-corrected chi connectivity index (χ2v) is 9.03. The number of anilines is 1. The predicted molar refractivity (Wildman–Crippen MR) is 144 cm³/mol. The molecule has 2 heterocycles. The van der Waals surface area contributed by atoms with Crippen LogP contribution in [-0.2, 0) is 14.2 Å². The number of esters is 2.